The smallest absolute Gasteiger partial charge is 0.345 e. The van der Waals surface area contributed by atoms with E-state index in [1.807, 2.05) is 38.1 Å². The summed E-state index contributed by atoms with van der Waals surface area (Å²) in [6.07, 6.45) is 1.40. The minimum atomic E-state index is -0.542. The van der Waals surface area contributed by atoms with Crippen LogP contribution in [0.3, 0.4) is 0 Å². The van der Waals surface area contributed by atoms with Crippen LogP contribution in [-0.4, -0.2) is 30.1 Å². The minimum Gasteiger partial charge on any atom is -0.439 e. The number of carbonyl (C=O) groups is 2. The van der Waals surface area contributed by atoms with Crippen LogP contribution in [0.1, 0.15) is 24.2 Å². The van der Waals surface area contributed by atoms with Crippen molar-refractivity contribution in [3.8, 4) is 17.4 Å². The highest BCUT2D eigenvalue weighted by atomic mass is 79.9. The third kappa shape index (κ3) is 6.29. The quantitative estimate of drug-likeness (QED) is 0.374. The molecule has 1 aromatic heterocycles. The first-order valence-electron chi connectivity index (χ1n) is 9.58. The van der Waals surface area contributed by atoms with Gasteiger partial charge in [0.25, 0.3) is 0 Å². The Morgan fingerprint density at radius 3 is 2.39 bits per heavy atom. The summed E-state index contributed by atoms with van der Waals surface area (Å²) in [5, 5.41) is 2.81. The van der Waals surface area contributed by atoms with Crippen molar-refractivity contribution in [3.63, 3.8) is 0 Å². The first kappa shape index (κ1) is 22.3. The number of pyridine rings is 1. The maximum Gasteiger partial charge on any atom is 0.345 e. The Hall–Kier alpha value is -3.39. The summed E-state index contributed by atoms with van der Waals surface area (Å²) >= 11 is 3.38. The average molecular weight is 484 g/mol. The largest absolute Gasteiger partial charge is 0.439 e. The zero-order valence-corrected chi connectivity index (χ0v) is 18.9. The van der Waals surface area contributed by atoms with Crippen molar-refractivity contribution in [2.75, 3.05) is 11.9 Å². The lowest BCUT2D eigenvalue weighted by molar-refractivity contribution is 0.0734. The highest BCUT2D eigenvalue weighted by molar-refractivity contribution is 9.10. The fourth-order valence-corrected chi connectivity index (χ4v) is 2.96. The lowest BCUT2D eigenvalue weighted by Gasteiger charge is -2.20. The van der Waals surface area contributed by atoms with E-state index in [0.717, 1.165) is 4.47 Å². The highest BCUT2D eigenvalue weighted by Crippen LogP contribution is 2.24. The van der Waals surface area contributed by atoms with Crippen LogP contribution in [0.4, 0.5) is 10.5 Å². The second kappa shape index (κ2) is 10.1. The summed E-state index contributed by atoms with van der Waals surface area (Å²) in [7, 11) is 1.67. The van der Waals surface area contributed by atoms with Crippen molar-refractivity contribution >= 4 is 33.6 Å². The predicted octanol–water partition coefficient (Wildman–Crippen LogP) is 5.41. The van der Waals surface area contributed by atoms with Crippen molar-refractivity contribution in [1.82, 2.24) is 10.3 Å². The molecule has 8 heteroatoms. The summed E-state index contributed by atoms with van der Waals surface area (Å²) in [5.41, 5.74) is 0.966. The Morgan fingerprint density at radius 2 is 1.77 bits per heavy atom. The Balaban J connectivity index is 1.60. The number of anilines is 1. The van der Waals surface area contributed by atoms with Gasteiger partial charge in [0.1, 0.15) is 11.5 Å². The number of hydrogen-bond acceptors (Lipinski definition) is 5. The molecule has 160 valence electrons. The van der Waals surface area contributed by atoms with Crippen molar-refractivity contribution in [3.05, 3.63) is 76.9 Å². The number of rotatable bonds is 6. The number of benzene rings is 2. The van der Waals surface area contributed by atoms with Gasteiger partial charge in [-0.25, -0.2) is 14.6 Å². The van der Waals surface area contributed by atoms with Gasteiger partial charge in [0.05, 0.1) is 5.56 Å². The lowest BCUT2D eigenvalue weighted by Crippen LogP contribution is -2.40. The monoisotopic (exact) mass is 483 g/mol. The number of hydrogen-bond donors (Lipinski definition) is 1. The van der Waals surface area contributed by atoms with Gasteiger partial charge in [-0.1, -0.05) is 22.0 Å². The average Bonchev–Trinajstić information content (AvgIpc) is 2.74. The molecule has 1 N–H and O–H groups in total. The van der Waals surface area contributed by atoms with Gasteiger partial charge in [-0.3, -0.25) is 4.90 Å². The number of esters is 1. The molecular formula is C23H22BrN3O4. The van der Waals surface area contributed by atoms with Gasteiger partial charge in [0.15, 0.2) is 0 Å². The lowest BCUT2D eigenvalue weighted by atomic mass is 10.2. The van der Waals surface area contributed by atoms with Crippen molar-refractivity contribution < 1.29 is 19.1 Å². The number of halogens is 1. The first-order valence-corrected chi connectivity index (χ1v) is 10.4. The first-order chi connectivity index (χ1) is 14.8. The zero-order valence-electron chi connectivity index (χ0n) is 17.3. The van der Waals surface area contributed by atoms with Gasteiger partial charge in [0, 0.05) is 35.5 Å². The maximum absolute atomic E-state index is 12.4. The zero-order chi connectivity index (χ0) is 22.4. The van der Waals surface area contributed by atoms with Gasteiger partial charge in [0.2, 0.25) is 5.88 Å². The molecule has 0 bridgehead atoms. The van der Waals surface area contributed by atoms with E-state index in [9.17, 15) is 9.59 Å². The van der Waals surface area contributed by atoms with Crippen LogP contribution >= 0.6 is 15.9 Å². The van der Waals surface area contributed by atoms with E-state index < -0.39 is 5.97 Å². The van der Waals surface area contributed by atoms with Gasteiger partial charge in [-0.15, -0.1) is 0 Å². The molecule has 0 unspecified atom stereocenters. The molecule has 0 aliphatic rings. The van der Waals surface area contributed by atoms with E-state index in [0.29, 0.717) is 28.6 Å². The van der Waals surface area contributed by atoms with Crippen LogP contribution in [0.25, 0.3) is 0 Å². The fraction of sp³-hybridized carbons (Fsp3) is 0.174. The number of nitrogens with one attached hydrogen (secondary N) is 1. The Bertz CT molecular complexity index is 1050. The molecule has 0 spiro atoms. The third-order valence-electron chi connectivity index (χ3n) is 4.14. The number of amides is 2. The molecule has 7 nitrogen and oxygen atoms in total. The molecule has 0 aliphatic carbocycles. The number of aromatic nitrogens is 1. The van der Waals surface area contributed by atoms with Gasteiger partial charge >= 0.3 is 12.0 Å². The normalized spacial score (nSPS) is 10.5. The number of nitrogens with zero attached hydrogens (tertiary/aromatic N) is 2. The van der Waals surface area contributed by atoms with E-state index in [-0.39, 0.29) is 12.1 Å². The summed E-state index contributed by atoms with van der Waals surface area (Å²) in [6.45, 7) is 3.78. The second-order valence-electron chi connectivity index (χ2n) is 6.99. The van der Waals surface area contributed by atoms with E-state index in [1.54, 1.807) is 43.4 Å². The molecule has 31 heavy (non-hydrogen) atoms. The molecular weight excluding hydrogens is 462 g/mol. The van der Waals surface area contributed by atoms with E-state index in [4.69, 9.17) is 9.47 Å². The van der Waals surface area contributed by atoms with E-state index in [2.05, 4.69) is 26.2 Å². The summed E-state index contributed by atoms with van der Waals surface area (Å²) < 4.78 is 11.9. The highest BCUT2D eigenvalue weighted by Gasteiger charge is 2.13. The Kier molecular flexibility index (Phi) is 7.25. The molecule has 3 aromatic rings. The Labute approximate surface area is 189 Å². The van der Waals surface area contributed by atoms with Crippen molar-refractivity contribution in [2.45, 2.75) is 19.9 Å². The molecule has 0 saturated heterocycles. The van der Waals surface area contributed by atoms with E-state index >= 15 is 0 Å². The summed E-state index contributed by atoms with van der Waals surface area (Å²) in [5.74, 6) is 0.812. The van der Waals surface area contributed by atoms with Crippen LogP contribution in [0.2, 0.25) is 0 Å². The molecule has 0 aliphatic heterocycles. The molecule has 0 saturated carbocycles. The van der Waals surface area contributed by atoms with Crippen LogP contribution in [0, 0.1) is 0 Å². The molecule has 0 radical (unpaired) electrons. The maximum atomic E-state index is 12.4. The van der Waals surface area contributed by atoms with Gasteiger partial charge in [-0.2, -0.15) is 0 Å². The molecule has 0 atom stereocenters. The number of ether oxygens (including phenoxy) is 2. The second-order valence-corrected chi connectivity index (χ2v) is 7.91. The molecule has 3 rings (SSSR count). The van der Waals surface area contributed by atoms with Gasteiger partial charge in [-0.05, 0) is 62.4 Å². The number of urea groups is 1. The molecule has 2 amide bonds. The number of carbonyl (C=O) groups excluding carboxylic acids is 2. The standard InChI is InChI=1S/C23H22BrN3O4/c1-15(2)26-23(29)27(3)18-8-10-19(11-9-18)31-22(28)16-7-12-21(25-14-16)30-20-6-4-5-17(24)13-20/h4-15H,1-3H3,(H,26,29). The van der Waals surface area contributed by atoms with Crippen LogP contribution in [-0.2, 0) is 0 Å². The molecule has 0 fully saturated rings. The van der Waals surface area contributed by atoms with Crippen LogP contribution < -0.4 is 19.7 Å². The van der Waals surface area contributed by atoms with Crippen LogP contribution in [0.15, 0.2) is 71.3 Å². The third-order valence-corrected chi connectivity index (χ3v) is 4.64. The predicted molar refractivity (Wildman–Crippen MR) is 122 cm³/mol. The SMILES string of the molecule is CC(C)NC(=O)N(C)c1ccc(OC(=O)c2ccc(Oc3cccc(Br)c3)nc2)cc1. The van der Waals surface area contributed by atoms with Crippen molar-refractivity contribution in [1.29, 1.82) is 0 Å². The minimum absolute atomic E-state index is 0.0372. The fourth-order valence-electron chi connectivity index (χ4n) is 2.58. The summed E-state index contributed by atoms with van der Waals surface area (Å²) in [6, 6.07) is 17.0. The van der Waals surface area contributed by atoms with Gasteiger partial charge < -0.3 is 14.8 Å². The molecule has 1 heterocycles. The summed E-state index contributed by atoms with van der Waals surface area (Å²) in [4.78, 5) is 30.1. The van der Waals surface area contributed by atoms with Crippen molar-refractivity contribution in [2.24, 2.45) is 0 Å². The molecule has 2 aromatic carbocycles. The Morgan fingerprint density at radius 1 is 1.03 bits per heavy atom. The van der Waals surface area contributed by atoms with E-state index in [1.165, 1.54) is 11.1 Å². The topological polar surface area (TPSA) is 80.8 Å². The van der Waals surface area contributed by atoms with Crippen LogP contribution in [0.5, 0.6) is 17.4 Å².